The summed E-state index contributed by atoms with van der Waals surface area (Å²) in [5.41, 5.74) is 2.46. The molecular formula is C17H14N2O2S. The van der Waals surface area contributed by atoms with Gasteiger partial charge in [0.1, 0.15) is 18.1 Å². The van der Waals surface area contributed by atoms with Gasteiger partial charge in [-0.25, -0.2) is 0 Å². The first-order valence-corrected chi connectivity index (χ1v) is 7.22. The Morgan fingerprint density at radius 2 is 1.73 bits per heavy atom. The molecule has 2 aromatic rings. The van der Waals surface area contributed by atoms with E-state index in [1.807, 2.05) is 54.6 Å². The molecule has 5 heteroatoms. The van der Waals surface area contributed by atoms with E-state index in [9.17, 15) is 4.79 Å². The van der Waals surface area contributed by atoms with E-state index in [2.05, 4.69) is 10.6 Å². The topological polar surface area (TPSA) is 50.4 Å². The fourth-order valence-electron chi connectivity index (χ4n) is 2.05. The third kappa shape index (κ3) is 3.51. The predicted molar refractivity (Wildman–Crippen MR) is 89.1 cm³/mol. The summed E-state index contributed by atoms with van der Waals surface area (Å²) in [6.45, 7) is 0.527. The predicted octanol–water partition coefficient (Wildman–Crippen LogP) is 2.61. The molecule has 0 atom stereocenters. The second-order valence-corrected chi connectivity index (χ2v) is 5.22. The number of nitrogens with one attached hydrogen (secondary N) is 2. The van der Waals surface area contributed by atoms with Gasteiger partial charge < -0.3 is 10.1 Å². The fourth-order valence-corrected chi connectivity index (χ4v) is 2.25. The first-order chi connectivity index (χ1) is 10.7. The van der Waals surface area contributed by atoms with Gasteiger partial charge in [0.15, 0.2) is 5.11 Å². The summed E-state index contributed by atoms with van der Waals surface area (Å²) in [5, 5.41) is 5.67. The van der Waals surface area contributed by atoms with Crippen molar-refractivity contribution in [1.29, 1.82) is 0 Å². The molecule has 110 valence electrons. The lowest BCUT2D eigenvalue weighted by Gasteiger charge is -2.06. The summed E-state index contributed by atoms with van der Waals surface area (Å²) in [6, 6.07) is 17.5. The molecular weight excluding hydrogens is 296 g/mol. The molecule has 1 heterocycles. The third-order valence-corrected chi connectivity index (χ3v) is 3.36. The number of amides is 1. The number of thiocarbonyl (C=S) groups is 1. The van der Waals surface area contributed by atoms with Crippen molar-refractivity contribution in [2.24, 2.45) is 0 Å². The lowest BCUT2D eigenvalue weighted by atomic mass is 10.2. The van der Waals surface area contributed by atoms with E-state index < -0.39 is 0 Å². The van der Waals surface area contributed by atoms with Gasteiger partial charge >= 0.3 is 0 Å². The van der Waals surface area contributed by atoms with E-state index in [-0.39, 0.29) is 5.91 Å². The Bertz CT molecular complexity index is 724. The summed E-state index contributed by atoms with van der Waals surface area (Å²) in [5.74, 6) is 0.569. The van der Waals surface area contributed by atoms with Crippen LogP contribution in [0.4, 0.5) is 0 Å². The average Bonchev–Trinajstić information content (AvgIpc) is 2.85. The lowest BCUT2D eigenvalue weighted by molar-refractivity contribution is -0.115. The van der Waals surface area contributed by atoms with Crippen LogP contribution in [0.1, 0.15) is 11.1 Å². The Morgan fingerprint density at radius 3 is 2.36 bits per heavy atom. The van der Waals surface area contributed by atoms with Gasteiger partial charge in [-0.2, -0.15) is 0 Å². The molecule has 22 heavy (non-hydrogen) atoms. The molecule has 1 aliphatic rings. The second-order valence-electron chi connectivity index (χ2n) is 4.81. The highest BCUT2D eigenvalue weighted by atomic mass is 32.1. The zero-order valence-corrected chi connectivity index (χ0v) is 12.5. The summed E-state index contributed by atoms with van der Waals surface area (Å²) in [4.78, 5) is 11.6. The van der Waals surface area contributed by atoms with E-state index in [4.69, 9.17) is 17.0 Å². The summed E-state index contributed by atoms with van der Waals surface area (Å²) >= 11 is 4.89. The highest BCUT2D eigenvalue weighted by Crippen LogP contribution is 2.16. The molecule has 0 aliphatic carbocycles. The molecule has 1 aliphatic heterocycles. The third-order valence-electron chi connectivity index (χ3n) is 3.16. The van der Waals surface area contributed by atoms with Crippen LogP contribution in [0.15, 0.2) is 60.3 Å². The summed E-state index contributed by atoms with van der Waals surface area (Å²) in [6.07, 6.45) is 1.75. The first-order valence-electron chi connectivity index (χ1n) is 6.81. The minimum atomic E-state index is -0.214. The van der Waals surface area contributed by atoms with Crippen LogP contribution in [0, 0.1) is 0 Å². The smallest absolute Gasteiger partial charge is 0.273 e. The molecule has 0 saturated carbocycles. The van der Waals surface area contributed by atoms with Crippen LogP contribution in [-0.2, 0) is 11.4 Å². The van der Waals surface area contributed by atoms with Crippen molar-refractivity contribution in [2.75, 3.05) is 0 Å². The number of benzene rings is 2. The van der Waals surface area contributed by atoms with Crippen molar-refractivity contribution < 1.29 is 9.53 Å². The van der Waals surface area contributed by atoms with E-state index in [1.54, 1.807) is 6.08 Å². The molecule has 0 bridgehead atoms. The number of hydrogen-bond acceptors (Lipinski definition) is 3. The molecule has 0 spiro atoms. The maximum absolute atomic E-state index is 11.6. The van der Waals surface area contributed by atoms with Crippen LogP contribution >= 0.6 is 12.2 Å². The lowest BCUT2D eigenvalue weighted by Crippen LogP contribution is -2.21. The maximum atomic E-state index is 11.6. The fraction of sp³-hybridized carbons (Fsp3) is 0.0588. The van der Waals surface area contributed by atoms with Gasteiger partial charge in [0.2, 0.25) is 0 Å². The highest BCUT2D eigenvalue weighted by molar-refractivity contribution is 7.80. The molecule has 4 nitrogen and oxygen atoms in total. The van der Waals surface area contributed by atoms with Crippen LogP contribution < -0.4 is 15.4 Å². The van der Waals surface area contributed by atoms with Crippen molar-refractivity contribution in [2.45, 2.75) is 6.61 Å². The Labute approximate surface area is 133 Å². The normalized spacial score (nSPS) is 15.5. The minimum absolute atomic E-state index is 0.214. The largest absolute Gasteiger partial charge is 0.489 e. The molecule has 2 N–H and O–H groups in total. The summed E-state index contributed by atoms with van der Waals surface area (Å²) in [7, 11) is 0. The number of carbonyl (C=O) groups is 1. The number of hydrogen-bond donors (Lipinski definition) is 2. The second kappa shape index (κ2) is 6.41. The van der Waals surface area contributed by atoms with E-state index >= 15 is 0 Å². The Kier molecular flexibility index (Phi) is 4.16. The molecule has 0 aromatic heterocycles. The average molecular weight is 310 g/mol. The number of carbonyl (C=O) groups excluding carboxylic acids is 1. The van der Waals surface area contributed by atoms with Crippen molar-refractivity contribution in [3.8, 4) is 5.75 Å². The molecule has 1 saturated heterocycles. The van der Waals surface area contributed by atoms with Crippen LogP contribution in [0.25, 0.3) is 6.08 Å². The van der Waals surface area contributed by atoms with E-state index in [0.717, 1.165) is 16.9 Å². The minimum Gasteiger partial charge on any atom is -0.489 e. The van der Waals surface area contributed by atoms with Gasteiger partial charge in [-0.15, -0.1) is 0 Å². The van der Waals surface area contributed by atoms with Crippen LogP contribution in [-0.4, -0.2) is 11.0 Å². The molecule has 1 amide bonds. The summed E-state index contributed by atoms with van der Waals surface area (Å²) < 4.78 is 5.72. The maximum Gasteiger partial charge on any atom is 0.273 e. The number of rotatable bonds is 4. The van der Waals surface area contributed by atoms with Crippen LogP contribution in [0.3, 0.4) is 0 Å². The van der Waals surface area contributed by atoms with Gasteiger partial charge in [-0.1, -0.05) is 42.5 Å². The van der Waals surface area contributed by atoms with Gasteiger partial charge in [0.25, 0.3) is 5.91 Å². The Hall–Kier alpha value is -2.66. The van der Waals surface area contributed by atoms with Crippen molar-refractivity contribution >= 4 is 29.3 Å². The molecule has 2 aromatic carbocycles. The first kappa shape index (κ1) is 14.3. The molecule has 0 radical (unpaired) electrons. The monoisotopic (exact) mass is 310 g/mol. The molecule has 3 rings (SSSR count). The van der Waals surface area contributed by atoms with Crippen molar-refractivity contribution in [3.05, 3.63) is 71.4 Å². The molecule has 1 fully saturated rings. The number of ether oxygens (including phenoxy) is 1. The molecule has 0 unspecified atom stereocenters. The Morgan fingerprint density at radius 1 is 1.00 bits per heavy atom. The van der Waals surface area contributed by atoms with Gasteiger partial charge in [-0.05, 0) is 41.6 Å². The van der Waals surface area contributed by atoms with E-state index in [1.165, 1.54) is 0 Å². The van der Waals surface area contributed by atoms with Gasteiger partial charge in [-0.3, -0.25) is 10.1 Å². The highest BCUT2D eigenvalue weighted by Gasteiger charge is 2.19. The van der Waals surface area contributed by atoms with Crippen molar-refractivity contribution in [3.63, 3.8) is 0 Å². The van der Waals surface area contributed by atoms with Gasteiger partial charge in [0, 0.05) is 0 Å². The van der Waals surface area contributed by atoms with E-state index in [0.29, 0.717) is 17.4 Å². The Balaban J connectivity index is 1.64. The quantitative estimate of drug-likeness (QED) is 0.673. The standard InChI is InChI=1S/C17H14N2O2S/c20-16-15(18-17(22)19-16)10-12-6-8-14(9-7-12)21-11-13-4-2-1-3-5-13/h1-10H,11H2,(H2,18,19,20,22)/b15-10-. The van der Waals surface area contributed by atoms with Gasteiger partial charge in [0.05, 0.1) is 0 Å². The SMILES string of the molecule is O=C1NC(=S)N/C1=C\c1ccc(OCc2ccccc2)cc1. The van der Waals surface area contributed by atoms with Crippen molar-refractivity contribution in [1.82, 2.24) is 10.6 Å². The zero-order chi connectivity index (χ0) is 15.4. The van der Waals surface area contributed by atoms with Crippen LogP contribution in [0.2, 0.25) is 0 Å². The zero-order valence-electron chi connectivity index (χ0n) is 11.7. The van der Waals surface area contributed by atoms with Crippen LogP contribution in [0.5, 0.6) is 5.75 Å².